The van der Waals surface area contributed by atoms with Crippen LogP contribution in [0.3, 0.4) is 0 Å². The summed E-state index contributed by atoms with van der Waals surface area (Å²) in [4.78, 5) is 11.8. The lowest BCUT2D eigenvalue weighted by molar-refractivity contribution is 0.265. The van der Waals surface area contributed by atoms with Crippen molar-refractivity contribution in [2.24, 2.45) is 0 Å². The number of aromatic hydroxyl groups is 2. The summed E-state index contributed by atoms with van der Waals surface area (Å²) in [7, 11) is 0. The highest BCUT2D eigenvalue weighted by Crippen LogP contribution is 2.42. The summed E-state index contributed by atoms with van der Waals surface area (Å²) >= 11 is 5.93. The zero-order chi connectivity index (χ0) is 23.9. The van der Waals surface area contributed by atoms with Gasteiger partial charge in [0, 0.05) is 30.2 Å². The van der Waals surface area contributed by atoms with Crippen LogP contribution in [0, 0.1) is 0 Å². The molecule has 0 unspecified atom stereocenters. The Morgan fingerprint density at radius 2 is 1.79 bits per heavy atom. The normalized spacial score (nSPS) is 18.1. The van der Waals surface area contributed by atoms with Crippen LogP contribution in [0.5, 0.6) is 11.5 Å². The Balaban J connectivity index is 1.78. The Hall–Kier alpha value is -2.69. The summed E-state index contributed by atoms with van der Waals surface area (Å²) in [6.07, 6.45) is 1.85. The van der Waals surface area contributed by atoms with E-state index in [2.05, 4.69) is 38.5 Å². The molecule has 2 aromatic rings. The van der Waals surface area contributed by atoms with Crippen LogP contribution in [-0.4, -0.2) is 56.6 Å². The van der Waals surface area contributed by atoms with Crippen molar-refractivity contribution in [1.29, 1.82) is 0 Å². The lowest BCUT2D eigenvalue weighted by Gasteiger charge is -2.27. The summed E-state index contributed by atoms with van der Waals surface area (Å²) in [5.41, 5.74) is 4.52. The molecule has 2 aliphatic heterocycles. The van der Waals surface area contributed by atoms with Crippen LogP contribution in [-0.2, 0) is 6.54 Å². The number of fused-ring (bicyclic) bond motifs is 1. The molecule has 0 radical (unpaired) electrons. The maximum absolute atomic E-state index is 10.3. The SMILES string of the molecule is CC(C)N1NN(C(C)C)c2c(NCc3c(O)cc(Cl)cc3O)nc(N3CCC[C@@H]3CO)nc21. The average Bonchev–Trinajstić information content (AvgIpc) is 3.37. The van der Waals surface area contributed by atoms with E-state index in [1.807, 2.05) is 14.9 Å². The Morgan fingerprint density at radius 3 is 2.39 bits per heavy atom. The third-order valence-electron chi connectivity index (χ3n) is 6.02. The predicted octanol–water partition coefficient (Wildman–Crippen LogP) is 2.98. The van der Waals surface area contributed by atoms with Crippen LogP contribution in [0.25, 0.3) is 0 Å². The van der Waals surface area contributed by atoms with E-state index in [9.17, 15) is 15.3 Å². The van der Waals surface area contributed by atoms with E-state index in [1.165, 1.54) is 12.1 Å². The van der Waals surface area contributed by atoms with E-state index < -0.39 is 0 Å². The zero-order valence-electron chi connectivity index (χ0n) is 19.4. The van der Waals surface area contributed by atoms with Crippen LogP contribution in [0.2, 0.25) is 5.02 Å². The molecule has 0 saturated carbocycles. The second kappa shape index (κ2) is 9.28. The minimum atomic E-state index is -0.0963. The van der Waals surface area contributed by atoms with Gasteiger partial charge in [0.25, 0.3) is 0 Å². The first-order valence-electron chi connectivity index (χ1n) is 11.3. The first-order chi connectivity index (χ1) is 15.7. The Morgan fingerprint density at radius 1 is 1.12 bits per heavy atom. The molecule has 0 amide bonds. The molecule has 1 aromatic heterocycles. The zero-order valence-corrected chi connectivity index (χ0v) is 20.1. The molecule has 5 N–H and O–H groups in total. The summed E-state index contributed by atoms with van der Waals surface area (Å²) in [5, 5.41) is 38.0. The van der Waals surface area contributed by atoms with Crippen LogP contribution < -0.4 is 25.8 Å². The minimum absolute atomic E-state index is 0.0247. The van der Waals surface area contributed by atoms with E-state index in [0.717, 1.165) is 30.9 Å². The van der Waals surface area contributed by atoms with E-state index in [1.54, 1.807) is 0 Å². The lowest BCUT2D eigenvalue weighted by Crippen LogP contribution is -2.50. The van der Waals surface area contributed by atoms with Crippen molar-refractivity contribution in [1.82, 2.24) is 15.5 Å². The molecule has 33 heavy (non-hydrogen) atoms. The van der Waals surface area contributed by atoms with E-state index in [4.69, 9.17) is 21.6 Å². The van der Waals surface area contributed by atoms with Gasteiger partial charge in [-0.15, -0.1) is 5.53 Å². The number of nitrogens with zero attached hydrogens (tertiary/aromatic N) is 5. The molecule has 1 saturated heterocycles. The number of benzene rings is 1. The molecule has 1 atom stereocenters. The largest absolute Gasteiger partial charge is 0.507 e. The molecule has 4 rings (SSSR count). The van der Waals surface area contributed by atoms with Crippen molar-refractivity contribution < 1.29 is 15.3 Å². The first kappa shape index (κ1) is 23.5. The van der Waals surface area contributed by atoms with Crippen LogP contribution in [0.4, 0.5) is 23.3 Å². The van der Waals surface area contributed by atoms with Crippen LogP contribution in [0.1, 0.15) is 46.1 Å². The molecule has 1 fully saturated rings. The number of phenols is 2. The van der Waals surface area contributed by atoms with Gasteiger partial charge in [-0.05, 0) is 52.7 Å². The van der Waals surface area contributed by atoms with Crippen LogP contribution in [0.15, 0.2) is 12.1 Å². The molecule has 0 bridgehead atoms. The van der Waals surface area contributed by atoms with Gasteiger partial charge in [-0.3, -0.25) is 10.0 Å². The fourth-order valence-electron chi connectivity index (χ4n) is 4.27. The van der Waals surface area contributed by atoms with E-state index in [-0.39, 0.29) is 47.8 Å². The lowest BCUT2D eigenvalue weighted by atomic mass is 10.1. The van der Waals surface area contributed by atoms with Crippen molar-refractivity contribution in [3.8, 4) is 11.5 Å². The highest BCUT2D eigenvalue weighted by molar-refractivity contribution is 6.30. The number of phenolic OH excluding ortho intramolecular Hbond substituents is 2. The third kappa shape index (κ3) is 4.42. The van der Waals surface area contributed by atoms with Gasteiger partial charge < -0.3 is 25.5 Å². The summed E-state index contributed by atoms with van der Waals surface area (Å²) in [5.74, 6) is 1.65. The average molecular weight is 478 g/mol. The minimum Gasteiger partial charge on any atom is -0.507 e. The van der Waals surface area contributed by atoms with Crippen molar-refractivity contribution in [3.05, 3.63) is 22.7 Å². The Bertz CT molecular complexity index is 997. The molecular formula is C22H32ClN7O3. The summed E-state index contributed by atoms with van der Waals surface area (Å²) in [6.45, 7) is 9.23. The fraction of sp³-hybridized carbons (Fsp3) is 0.545. The molecule has 11 heteroatoms. The van der Waals surface area contributed by atoms with Gasteiger partial charge in [0.05, 0.1) is 18.2 Å². The standard InChI is InChI=1S/C22H32ClN7O3/c1-12(2)29-19-20(24-10-16-17(32)8-14(23)9-18(16)33)25-22(28-7-5-6-15(28)11-31)26-21(19)30(27-29)13(3)4/h8-9,12-13,15,27,31-33H,5-7,10-11H2,1-4H3,(H,24,25,26)/t15-/m1/s1. The number of hydrazine groups is 2. The number of aliphatic hydroxyl groups excluding tert-OH is 1. The van der Waals surface area contributed by atoms with Crippen molar-refractivity contribution in [2.75, 3.05) is 33.4 Å². The number of aliphatic hydroxyl groups is 1. The highest BCUT2D eigenvalue weighted by atomic mass is 35.5. The molecular weight excluding hydrogens is 446 g/mol. The van der Waals surface area contributed by atoms with Crippen molar-refractivity contribution in [2.45, 2.75) is 65.2 Å². The number of aromatic nitrogens is 2. The predicted molar refractivity (Wildman–Crippen MR) is 130 cm³/mol. The number of hydrogen-bond donors (Lipinski definition) is 5. The molecule has 0 aliphatic carbocycles. The number of anilines is 4. The quantitative estimate of drug-likeness (QED) is 0.407. The summed E-state index contributed by atoms with van der Waals surface area (Å²) in [6, 6.07) is 3.00. The number of halogens is 1. The van der Waals surface area contributed by atoms with E-state index in [0.29, 0.717) is 17.3 Å². The Labute approximate surface area is 198 Å². The molecule has 0 spiro atoms. The smallest absolute Gasteiger partial charge is 0.229 e. The molecule has 1 aromatic carbocycles. The van der Waals surface area contributed by atoms with Gasteiger partial charge in [-0.2, -0.15) is 9.97 Å². The summed E-state index contributed by atoms with van der Waals surface area (Å²) < 4.78 is 0. The van der Waals surface area contributed by atoms with Gasteiger partial charge in [0.15, 0.2) is 11.6 Å². The van der Waals surface area contributed by atoms with E-state index >= 15 is 0 Å². The van der Waals surface area contributed by atoms with Crippen LogP contribution >= 0.6 is 11.6 Å². The maximum Gasteiger partial charge on any atom is 0.229 e. The van der Waals surface area contributed by atoms with Crippen molar-refractivity contribution in [3.63, 3.8) is 0 Å². The number of hydrogen-bond acceptors (Lipinski definition) is 10. The first-order valence-corrected chi connectivity index (χ1v) is 11.7. The highest BCUT2D eigenvalue weighted by Gasteiger charge is 2.36. The number of rotatable bonds is 7. The van der Waals surface area contributed by atoms with Gasteiger partial charge in [-0.1, -0.05) is 11.6 Å². The third-order valence-corrected chi connectivity index (χ3v) is 6.23. The van der Waals surface area contributed by atoms with Crippen molar-refractivity contribution >= 4 is 34.9 Å². The molecule has 3 heterocycles. The Kier molecular flexibility index (Phi) is 6.60. The maximum atomic E-state index is 10.3. The van der Waals surface area contributed by atoms with Gasteiger partial charge in [-0.25, -0.2) is 0 Å². The molecule has 180 valence electrons. The monoisotopic (exact) mass is 477 g/mol. The van der Waals surface area contributed by atoms with Gasteiger partial charge >= 0.3 is 0 Å². The van der Waals surface area contributed by atoms with Gasteiger partial charge in [0.2, 0.25) is 5.95 Å². The molecule has 2 aliphatic rings. The fourth-order valence-corrected chi connectivity index (χ4v) is 4.48. The second-order valence-electron chi connectivity index (χ2n) is 9.02. The topological polar surface area (TPSA) is 120 Å². The second-order valence-corrected chi connectivity index (χ2v) is 9.46. The molecule has 10 nitrogen and oxygen atoms in total. The van der Waals surface area contributed by atoms with Gasteiger partial charge in [0.1, 0.15) is 17.2 Å². The number of nitrogens with one attached hydrogen (secondary N) is 2.